The molecule has 2 N–H and O–H groups in total. The summed E-state index contributed by atoms with van der Waals surface area (Å²) in [4.78, 5) is 14.1. The molecule has 0 atom stereocenters. The number of hydrazine groups is 1. The summed E-state index contributed by atoms with van der Waals surface area (Å²) in [5, 5.41) is 2.00. The molecular weight excluding hydrogens is 290 g/mol. The second-order valence-electron chi connectivity index (χ2n) is 3.99. The van der Waals surface area contributed by atoms with Crippen LogP contribution in [-0.2, 0) is 0 Å². The fourth-order valence-corrected chi connectivity index (χ4v) is 2.91. The number of piperazine rings is 1. The van der Waals surface area contributed by atoms with Gasteiger partial charge in [0, 0.05) is 0 Å². The number of rotatable bonds is 2. The Morgan fingerprint density at radius 3 is 2.75 bits per heavy atom. The maximum Gasteiger partial charge on any atom is 0.275 e. The number of hydrogen-bond acceptors (Lipinski definition) is 3. The molecule has 1 saturated heterocycles. The zero-order chi connectivity index (χ0) is 11.5. The predicted octanol–water partition coefficient (Wildman–Crippen LogP) is -0.0143. The maximum absolute atomic E-state index is 11.8. The molecule has 1 aromatic rings. The van der Waals surface area contributed by atoms with Gasteiger partial charge in [0.05, 0.1) is 41.9 Å². The van der Waals surface area contributed by atoms with Crippen LogP contribution >= 0.6 is 27.3 Å². The molecule has 2 rings (SSSR count). The Labute approximate surface area is 107 Å². The first-order valence-corrected chi connectivity index (χ1v) is 6.88. The van der Waals surface area contributed by atoms with Gasteiger partial charge in [-0.3, -0.25) is 10.2 Å². The molecule has 88 valence electrons. The van der Waals surface area contributed by atoms with Crippen molar-refractivity contribution in [3.63, 3.8) is 0 Å². The Hall–Kier alpha value is -0.430. The minimum atomic E-state index is -0.00440. The molecule has 0 spiro atoms. The first-order chi connectivity index (χ1) is 7.65. The first kappa shape index (κ1) is 12.0. The van der Waals surface area contributed by atoms with E-state index in [-0.39, 0.29) is 5.91 Å². The van der Waals surface area contributed by atoms with E-state index in [0.717, 1.165) is 34.8 Å². The molecule has 0 aromatic carbocycles. The third-order valence-corrected chi connectivity index (χ3v) is 4.30. The van der Waals surface area contributed by atoms with Crippen molar-refractivity contribution in [3.8, 4) is 0 Å². The molecule has 1 aliphatic rings. The number of hydrogen-bond donors (Lipinski definition) is 2. The molecule has 1 aromatic heterocycles. The van der Waals surface area contributed by atoms with E-state index in [4.69, 9.17) is 0 Å². The smallest absolute Gasteiger partial charge is 0.275 e. The Morgan fingerprint density at radius 1 is 1.50 bits per heavy atom. The Bertz CT molecular complexity index is 374. The SMILES string of the molecule is C[NH+]1CCN(NC(=O)c2ccc(Br)s2)CC1. The van der Waals surface area contributed by atoms with Gasteiger partial charge in [0.2, 0.25) is 0 Å². The Morgan fingerprint density at radius 2 is 2.19 bits per heavy atom. The summed E-state index contributed by atoms with van der Waals surface area (Å²) in [5.41, 5.74) is 2.94. The van der Waals surface area contributed by atoms with Crippen LogP contribution in [-0.4, -0.2) is 44.1 Å². The molecule has 2 heterocycles. The minimum Gasteiger partial charge on any atom is -0.335 e. The van der Waals surface area contributed by atoms with Gasteiger partial charge >= 0.3 is 0 Å². The highest BCUT2D eigenvalue weighted by atomic mass is 79.9. The number of amides is 1. The van der Waals surface area contributed by atoms with Gasteiger partial charge in [-0.15, -0.1) is 11.3 Å². The number of nitrogens with zero attached hydrogens (tertiary/aromatic N) is 1. The first-order valence-electron chi connectivity index (χ1n) is 5.28. The quantitative estimate of drug-likeness (QED) is 0.806. The molecule has 4 nitrogen and oxygen atoms in total. The molecule has 0 unspecified atom stereocenters. The van der Waals surface area contributed by atoms with Gasteiger partial charge in [0.1, 0.15) is 0 Å². The van der Waals surface area contributed by atoms with Crippen LogP contribution in [0.1, 0.15) is 9.67 Å². The molecule has 0 saturated carbocycles. The molecule has 1 aliphatic heterocycles. The molecule has 6 heteroatoms. The fraction of sp³-hybridized carbons (Fsp3) is 0.500. The summed E-state index contributed by atoms with van der Waals surface area (Å²) in [5.74, 6) is -0.00440. The highest BCUT2D eigenvalue weighted by Crippen LogP contribution is 2.21. The average molecular weight is 305 g/mol. The summed E-state index contributed by atoms with van der Waals surface area (Å²) in [6.45, 7) is 4.00. The number of thiophene rings is 1. The van der Waals surface area contributed by atoms with Gasteiger partial charge in [0.25, 0.3) is 5.91 Å². The van der Waals surface area contributed by atoms with E-state index in [1.807, 2.05) is 17.1 Å². The number of likely N-dealkylation sites (N-methyl/N-ethyl adjacent to an activating group) is 1. The van der Waals surface area contributed by atoms with Gasteiger partial charge in [-0.1, -0.05) is 0 Å². The van der Waals surface area contributed by atoms with Gasteiger partial charge in [-0.25, -0.2) is 5.01 Å². The van der Waals surface area contributed by atoms with E-state index in [9.17, 15) is 4.79 Å². The van der Waals surface area contributed by atoms with Crippen molar-refractivity contribution in [1.29, 1.82) is 0 Å². The molecule has 1 amide bonds. The van der Waals surface area contributed by atoms with Crippen LogP contribution in [0.2, 0.25) is 0 Å². The summed E-state index contributed by atoms with van der Waals surface area (Å²) < 4.78 is 0.987. The van der Waals surface area contributed by atoms with Crippen molar-refractivity contribution in [3.05, 3.63) is 20.8 Å². The molecule has 1 fully saturated rings. The third-order valence-electron chi connectivity index (χ3n) is 2.67. The van der Waals surface area contributed by atoms with Crippen molar-refractivity contribution in [1.82, 2.24) is 10.4 Å². The number of quaternary nitrogens is 1. The zero-order valence-corrected chi connectivity index (χ0v) is 11.5. The van der Waals surface area contributed by atoms with E-state index in [2.05, 4.69) is 28.4 Å². The maximum atomic E-state index is 11.8. The van der Waals surface area contributed by atoms with E-state index >= 15 is 0 Å². The highest BCUT2D eigenvalue weighted by molar-refractivity contribution is 9.11. The lowest BCUT2D eigenvalue weighted by atomic mass is 10.4. The number of carbonyl (C=O) groups excluding carboxylic acids is 1. The summed E-state index contributed by atoms with van der Waals surface area (Å²) >= 11 is 4.81. The van der Waals surface area contributed by atoms with Crippen LogP contribution < -0.4 is 10.3 Å². The summed E-state index contributed by atoms with van der Waals surface area (Å²) in [7, 11) is 2.18. The van der Waals surface area contributed by atoms with Gasteiger partial charge in [0.15, 0.2) is 0 Å². The van der Waals surface area contributed by atoms with Crippen LogP contribution in [0.5, 0.6) is 0 Å². The van der Waals surface area contributed by atoms with Crippen molar-refractivity contribution < 1.29 is 9.69 Å². The second kappa shape index (κ2) is 5.27. The van der Waals surface area contributed by atoms with Crippen molar-refractivity contribution in [2.75, 3.05) is 33.2 Å². The second-order valence-corrected chi connectivity index (χ2v) is 6.45. The molecule has 0 radical (unpaired) electrons. The van der Waals surface area contributed by atoms with Crippen molar-refractivity contribution in [2.45, 2.75) is 0 Å². The van der Waals surface area contributed by atoms with Gasteiger partial charge < -0.3 is 4.90 Å². The largest absolute Gasteiger partial charge is 0.335 e. The Kier molecular flexibility index (Phi) is 3.96. The topological polar surface area (TPSA) is 36.8 Å². The number of nitrogens with one attached hydrogen (secondary N) is 2. The van der Waals surface area contributed by atoms with Crippen molar-refractivity contribution in [2.24, 2.45) is 0 Å². The molecular formula is C10H15BrN3OS+. The normalized spacial score (nSPS) is 18.6. The van der Waals surface area contributed by atoms with Crippen LogP contribution in [0.25, 0.3) is 0 Å². The van der Waals surface area contributed by atoms with E-state index in [0.29, 0.717) is 0 Å². The molecule has 0 aliphatic carbocycles. The lowest BCUT2D eigenvalue weighted by Gasteiger charge is -2.29. The number of halogens is 1. The van der Waals surface area contributed by atoms with Crippen LogP contribution in [0.3, 0.4) is 0 Å². The fourth-order valence-electron chi connectivity index (χ4n) is 1.64. The summed E-state index contributed by atoms with van der Waals surface area (Å²) in [6, 6.07) is 3.74. The van der Waals surface area contributed by atoms with Gasteiger partial charge in [-0.2, -0.15) is 0 Å². The van der Waals surface area contributed by atoms with E-state index in [1.165, 1.54) is 16.2 Å². The standard InChI is InChI=1S/C10H14BrN3OS/c1-13-4-6-14(7-5-13)12-10(15)8-2-3-9(11)16-8/h2-3H,4-7H2,1H3,(H,12,15)/p+1. The van der Waals surface area contributed by atoms with Crippen molar-refractivity contribution >= 4 is 33.2 Å². The third kappa shape index (κ3) is 3.04. The van der Waals surface area contributed by atoms with E-state index in [1.54, 1.807) is 0 Å². The lowest BCUT2D eigenvalue weighted by molar-refractivity contribution is -0.884. The predicted molar refractivity (Wildman–Crippen MR) is 67.7 cm³/mol. The minimum absolute atomic E-state index is 0.00440. The van der Waals surface area contributed by atoms with Gasteiger partial charge in [-0.05, 0) is 28.1 Å². The lowest BCUT2D eigenvalue weighted by Crippen LogP contribution is -3.12. The van der Waals surface area contributed by atoms with Crippen LogP contribution in [0.4, 0.5) is 0 Å². The van der Waals surface area contributed by atoms with E-state index < -0.39 is 0 Å². The molecule has 16 heavy (non-hydrogen) atoms. The zero-order valence-electron chi connectivity index (χ0n) is 9.12. The van der Waals surface area contributed by atoms with Crippen LogP contribution in [0, 0.1) is 0 Å². The summed E-state index contributed by atoms with van der Waals surface area (Å²) in [6.07, 6.45) is 0. The monoisotopic (exact) mass is 304 g/mol. The average Bonchev–Trinajstić information content (AvgIpc) is 2.68. The van der Waals surface area contributed by atoms with Crippen LogP contribution in [0.15, 0.2) is 15.9 Å². The number of carbonyl (C=O) groups is 1. The molecule has 0 bridgehead atoms. The highest BCUT2D eigenvalue weighted by Gasteiger charge is 2.19. The Balaban J connectivity index is 1.88.